The average Bonchev–Trinajstić information content (AvgIpc) is 2.70. The number of ether oxygens (including phenoxy) is 1. The largest absolute Gasteiger partial charge is 0.497 e. The normalized spacial score (nSPS) is 10.7. The van der Waals surface area contributed by atoms with Crippen molar-refractivity contribution in [1.82, 2.24) is 9.55 Å². The molecule has 3 rings (SSSR count). The van der Waals surface area contributed by atoms with Crippen LogP contribution in [0.3, 0.4) is 0 Å². The molecule has 1 aromatic heterocycles. The molecule has 6 heteroatoms. The zero-order chi connectivity index (χ0) is 20.1. The summed E-state index contributed by atoms with van der Waals surface area (Å²) in [5, 5.41) is 2.80. The van der Waals surface area contributed by atoms with Gasteiger partial charge in [0.15, 0.2) is 0 Å². The summed E-state index contributed by atoms with van der Waals surface area (Å²) in [6.45, 7) is 4.13. The second kappa shape index (κ2) is 8.52. The van der Waals surface area contributed by atoms with Crippen molar-refractivity contribution in [2.45, 2.75) is 26.3 Å². The molecule has 0 atom stereocenters. The maximum Gasteiger partial charge on any atom is 0.254 e. The molecule has 0 unspecified atom stereocenters. The lowest BCUT2D eigenvalue weighted by molar-refractivity contribution is -0.116. The van der Waals surface area contributed by atoms with Crippen LogP contribution in [0.4, 0.5) is 5.69 Å². The predicted molar refractivity (Wildman–Crippen MR) is 110 cm³/mol. The zero-order valence-electron chi connectivity index (χ0n) is 16.2. The van der Waals surface area contributed by atoms with Gasteiger partial charge in [-0.3, -0.25) is 14.2 Å². The van der Waals surface area contributed by atoms with Crippen LogP contribution < -0.4 is 15.6 Å². The van der Waals surface area contributed by atoms with Gasteiger partial charge < -0.3 is 10.1 Å². The van der Waals surface area contributed by atoms with Gasteiger partial charge in [-0.05, 0) is 47.9 Å². The van der Waals surface area contributed by atoms with Gasteiger partial charge in [0, 0.05) is 17.3 Å². The number of nitrogens with one attached hydrogen (secondary N) is 1. The van der Waals surface area contributed by atoms with Crippen LogP contribution in [-0.2, 0) is 11.3 Å². The van der Waals surface area contributed by atoms with Gasteiger partial charge in [-0.25, -0.2) is 4.98 Å². The van der Waals surface area contributed by atoms with Crippen molar-refractivity contribution in [1.29, 1.82) is 0 Å². The topological polar surface area (TPSA) is 73.2 Å². The van der Waals surface area contributed by atoms with Crippen LogP contribution in [0.5, 0.6) is 5.75 Å². The molecule has 6 nitrogen and oxygen atoms in total. The minimum Gasteiger partial charge on any atom is -0.497 e. The standard InChI is InChI=1S/C22H23N3O3/c1-15(2)16-4-8-18(9-5-16)24-21(26)13-25-14-23-20(12-22(25)27)17-6-10-19(28-3)11-7-17/h4-12,14-15H,13H2,1-3H3,(H,24,26). The highest BCUT2D eigenvalue weighted by atomic mass is 16.5. The van der Waals surface area contributed by atoms with E-state index in [1.807, 2.05) is 36.4 Å². The Morgan fingerprint density at radius 3 is 2.36 bits per heavy atom. The SMILES string of the molecule is COc1ccc(-c2cc(=O)n(CC(=O)Nc3ccc(C(C)C)cc3)cn2)cc1. The number of carbonyl (C=O) groups excluding carboxylic acids is 1. The molecular weight excluding hydrogens is 354 g/mol. The van der Waals surface area contributed by atoms with Gasteiger partial charge in [0.05, 0.1) is 19.1 Å². The van der Waals surface area contributed by atoms with Gasteiger partial charge in [-0.1, -0.05) is 26.0 Å². The van der Waals surface area contributed by atoms with Crippen LogP contribution in [0.15, 0.2) is 65.7 Å². The average molecular weight is 377 g/mol. The van der Waals surface area contributed by atoms with E-state index < -0.39 is 0 Å². The number of nitrogens with zero attached hydrogens (tertiary/aromatic N) is 2. The Morgan fingerprint density at radius 2 is 1.79 bits per heavy atom. The molecule has 0 bridgehead atoms. The first-order valence-electron chi connectivity index (χ1n) is 9.07. The van der Waals surface area contributed by atoms with Crippen molar-refractivity contribution >= 4 is 11.6 Å². The highest BCUT2D eigenvalue weighted by Gasteiger charge is 2.08. The molecule has 0 radical (unpaired) electrons. The number of aromatic nitrogens is 2. The minimum atomic E-state index is -0.286. The Bertz CT molecular complexity index is 1010. The van der Waals surface area contributed by atoms with E-state index >= 15 is 0 Å². The summed E-state index contributed by atoms with van der Waals surface area (Å²) >= 11 is 0. The van der Waals surface area contributed by atoms with E-state index in [2.05, 4.69) is 24.1 Å². The van der Waals surface area contributed by atoms with Crippen molar-refractivity contribution in [3.05, 3.63) is 76.8 Å². The third kappa shape index (κ3) is 4.65. The molecule has 0 aliphatic carbocycles. The molecule has 2 aromatic carbocycles. The summed E-state index contributed by atoms with van der Waals surface area (Å²) in [7, 11) is 1.60. The van der Waals surface area contributed by atoms with Gasteiger partial charge in [0.1, 0.15) is 12.3 Å². The summed E-state index contributed by atoms with van der Waals surface area (Å²) in [5.74, 6) is 0.882. The van der Waals surface area contributed by atoms with Gasteiger partial charge in [-0.2, -0.15) is 0 Å². The van der Waals surface area contributed by atoms with Crippen LogP contribution in [0.2, 0.25) is 0 Å². The second-order valence-electron chi connectivity index (χ2n) is 6.79. The van der Waals surface area contributed by atoms with Crippen molar-refractivity contribution in [2.75, 3.05) is 12.4 Å². The quantitative estimate of drug-likeness (QED) is 0.711. The molecule has 144 valence electrons. The molecule has 0 aliphatic heterocycles. The monoisotopic (exact) mass is 377 g/mol. The number of amides is 1. The molecule has 1 amide bonds. The van der Waals surface area contributed by atoms with Crippen molar-refractivity contribution in [3.8, 4) is 17.0 Å². The third-order valence-corrected chi connectivity index (χ3v) is 4.44. The van der Waals surface area contributed by atoms with Crippen molar-refractivity contribution < 1.29 is 9.53 Å². The van der Waals surface area contributed by atoms with Crippen molar-refractivity contribution in [3.63, 3.8) is 0 Å². The van der Waals surface area contributed by atoms with Gasteiger partial charge >= 0.3 is 0 Å². The summed E-state index contributed by atoms with van der Waals surface area (Å²) < 4.78 is 6.41. The molecule has 0 saturated carbocycles. The predicted octanol–water partition coefficient (Wildman–Crippen LogP) is 3.68. The first-order valence-corrected chi connectivity index (χ1v) is 9.07. The summed E-state index contributed by atoms with van der Waals surface area (Å²) in [6, 6.07) is 16.4. The third-order valence-electron chi connectivity index (χ3n) is 4.44. The molecule has 3 aromatic rings. The Morgan fingerprint density at radius 1 is 1.11 bits per heavy atom. The molecule has 0 spiro atoms. The molecule has 1 heterocycles. The van der Waals surface area contributed by atoms with E-state index in [0.717, 1.165) is 11.3 Å². The Hall–Kier alpha value is -3.41. The first-order chi connectivity index (χ1) is 13.5. The van der Waals surface area contributed by atoms with Crippen LogP contribution in [0.1, 0.15) is 25.3 Å². The number of hydrogen-bond acceptors (Lipinski definition) is 4. The highest BCUT2D eigenvalue weighted by molar-refractivity contribution is 5.90. The summed E-state index contributed by atoms with van der Waals surface area (Å²) in [5.41, 5.74) is 2.97. The van der Waals surface area contributed by atoms with Gasteiger partial charge in [-0.15, -0.1) is 0 Å². The van der Waals surface area contributed by atoms with Crippen LogP contribution in [0.25, 0.3) is 11.3 Å². The Labute approximate surface area is 163 Å². The fourth-order valence-electron chi connectivity index (χ4n) is 2.77. The fourth-order valence-corrected chi connectivity index (χ4v) is 2.77. The fraction of sp³-hybridized carbons (Fsp3) is 0.227. The number of rotatable bonds is 6. The first kappa shape index (κ1) is 19.4. The van der Waals surface area contributed by atoms with Crippen LogP contribution in [-0.4, -0.2) is 22.6 Å². The van der Waals surface area contributed by atoms with Crippen LogP contribution >= 0.6 is 0 Å². The van der Waals surface area contributed by atoms with E-state index in [1.54, 1.807) is 19.2 Å². The lowest BCUT2D eigenvalue weighted by atomic mass is 10.0. The maximum absolute atomic E-state index is 12.4. The lowest BCUT2D eigenvalue weighted by Crippen LogP contribution is -2.27. The number of anilines is 1. The molecule has 28 heavy (non-hydrogen) atoms. The minimum absolute atomic E-state index is 0.0966. The Balaban J connectivity index is 1.68. The summed E-state index contributed by atoms with van der Waals surface area (Å²) in [4.78, 5) is 28.9. The number of hydrogen-bond donors (Lipinski definition) is 1. The summed E-state index contributed by atoms with van der Waals surface area (Å²) in [6.07, 6.45) is 1.39. The van der Waals surface area contributed by atoms with E-state index in [9.17, 15) is 9.59 Å². The molecule has 1 N–H and O–H groups in total. The number of methoxy groups -OCH3 is 1. The van der Waals surface area contributed by atoms with Gasteiger partial charge in [0.2, 0.25) is 5.91 Å². The molecule has 0 fully saturated rings. The maximum atomic E-state index is 12.4. The number of carbonyl (C=O) groups is 1. The van der Waals surface area contributed by atoms with Crippen LogP contribution in [0, 0.1) is 0 Å². The van der Waals surface area contributed by atoms with E-state index in [-0.39, 0.29) is 18.0 Å². The van der Waals surface area contributed by atoms with E-state index in [4.69, 9.17) is 4.74 Å². The zero-order valence-corrected chi connectivity index (χ0v) is 16.2. The second-order valence-corrected chi connectivity index (χ2v) is 6.79. The molecule has 0 aliphatic rings. The van der Waals surface area contributed by atoms with E-state index in [0.29, 0.717) is 17.3 Å². The smallest absolute Gasteiger partial charge is 0.254 e. The molecular formula is C22H23N3O3. The molecule has 0 saturated heterocycles. The van der Waals surface area contributed by atoms with Crippen molar-refractivity contribution in [2.24, 2.45) is 0 Å². The number of benzene rings is 2. The highest BCUT2D eigenvalue weighted by Crippen LogP contribution is 2.19. The lowest BCUT2D eigenvalue weighted by Gasteiger charge is -2.10. The van der Waals surface area contributed by atoms with Gasteiger partial charge in [0.25, 0.3) is 5.56 Å². The van der Waals surface area contributed by atoms with E-state index in [1.165, 1.54) is 22.5 Å². The Kier molecular flexibility index (Phi) is 5.89.